The maximum absolute atomic E-state index is 12.4. The number of hydrogen-bond acceptors (Lipinski definition) is 9. The van der Waals surface area contributed by atoms with Gasteiger partial charge in [0, 0.05) is 41.4 Å². The molecule has 4 aromatic rings. The lowest BCUT2D eigenvalue weighted by atomic mass is 10.2. The highest BCUT2D eigenvalue weighted by molar-refractivity contribution is 7.98. The Hall–Kier alpha value is -4.98. The molecule has 0 fully saturated rings. The number of non-ortho nitro benzene ring substituents is 2. The quantitative estimate of drug-likeness (QED) is 0.166. The Bertz CT molecular complexity index is 1460. The van der Waals surface area contributed by atoms with Gasteiger partial charge in [0.05, 0.1) is 23.5 Å². The number of methoxy groups -OCH3 is 1. The van der Waals surface area contributed by atoms with Crippen molar-refractivity contribution in [3.8, 4) is 11.4 Å². The third-order valence-electron chi connectivity index (χ3n) is 5.26. The molecular weight excluding hydrogens is 514 g/mol. The average molecular weight is 536 g/mol. The van der Waals surface area contributed by atoms with Crippen LogP contribution < -0.4 is 15.4 Å². The van der Waals surface area contributed by atoms with Gasteiger partial charge in [0.1, 0.15) is 5.75 Å². The summed E-state index contributed by atoms with van der Waals surface area (Å²) in [6.07, 6.45) is 0. The van der Waals surface area contributed by atoms with E-state index < -0.39 is 15.9 Å². The molecule has 0 spiro atoms. The van der Waals surface area contributed by atoms with Gasteiger partial charge in [-0.2, -0.15) is 0 Å². The van der Waals surface area contributed by atoms with Crippen LogP contribution in [0.5, 0.6) is 5.75 Å². The van der Waals surface area contributed by atoms with E-state index in [9.17, 15) is 25.0 Å². The smallest absolute Gasteiger partial charge is 0.319 e. The van der Waals surface area contributed by atoms with Gasteiger partial charge in [-0.1, -0.05) is 23.9 Å². The monoisotopic (exact) mass is 535 g/mol. The fourth-order valence-electron chi connectivity index (χ4n) is 3.40. The van der Waals surface area contributed by atoms with Gasteiger partial charge in [-0.3, -0.25) is 24.8 Å². The second-order valence-electron chi connectivity index (χ2n) is 7.76. The molecule has 0 atom stereocenters. The number of thioether (sulfide) groups is 1. The van der Waals surface area contributed by atoms with Crippen LogP contribution in [0.15, 0.2) is 78.0 Å². The molecule has 0 bridgehead atoms. The second kappa shape index (κ2) is 11.8. The summed E-state index contributed by atoms with van der Waals surface area (Å²) in [5.74, 6) is 1.67. The molecule has 0 aliphatic rings. The SMILES string of the molecule is COc1cccc(CSc2nnc(CNC(=O)Nc3ccc([N+](=O)[O-])cc3)n2-c2ccc([N+](=O)[O-])cc2)c1. The van der Waals surface area contributed by atoms with Gasteiger partial charge in [0.25, 0.3) is 11.4 Å². The fraction of sp³-hybridized carbons (Fsp3) is 0.125. The molecule has 38 heavy (non-hydrogen) atoms. The zero-order valence-corrected chi connectivity index (χ0v) is 20.8. The maximum atomic E-state index is 12.4. The third kappa shape index (κ3) is 6.41. The number of hydrogen-bond donors (Lipinski definition) is 2. The summed E-state index contributed by atoms with van der Waals surface area (Å²) >= 11 is 1.40. The van der Waals surface area contributed by atoms with E-state index in [2.05, 4.69) is 20.8 Å². The van der Waals surface area contributed by atoms with Gasteiger partial charge < -0.3 is 15.4 Å². The number of carbonyl (C=O) groups excluding carboxylic acids is 1. The molecule has 0 saturated heterocycles. The van der Waals surface area contributed by atoms with Gasteiger partial charge in [-0.05, 0) is 42.0 Å². The highest BCUT2D eigenvalue weighted by atomic mass is 32.2. The molecule has 0 aliphatic carbocycles. The van der Waals surface area contributed by atoms with Crippen LogP contribution in [0.1, 0.15) is 11.4 Å². The summed E-state index contributed by atoms with van der Waals surface area (Å²) in [5, 5.41) is 36.2. The Kier molecular flexibility index (Phi) is 8.13. The minimum atomic E-state index is -0.553. The Morgan fingerprint density at radius 2 is 1.63 bits per heavy atom. The molecule has 0 saturated carbocycles. The lowest BCUT2D eigenvalue weighted by Gasteiger charge is -2.12. The minimum absolute atomic E-state index is 0.0114. The van der Waals surface area contributed by atoms with Gasteiger partial charge in [0.15, 0.2) is 11.0 Å². The van der Waals surface area contributed by atoms with E-state index >= 15 is 0 Å². The number of nitrogens with one attached hydrogen (secondary N) is 2. The summed E-state index contributed by atoms with van der Waals surface area (Å²) in [7, 11) is 1.59. The standard InChI is InChI=1S/C24H21N7O6S/c1-37-21-4-2-3-16(13-21)15-38-24-28-27-22(29(24)18-9-11-20(12-10-18)31(35)36)14-25-23(32)26-17-5-7-19(8-6-17)30(33)34/h2-13H,14-15H2,1H3,(H2,25,26,32). The molecule has 0 aliphatic heterocycles. The first-order chi connectivity index (χ1) is 18.3. The summed E-state index contributed by atoms with van der Waals surface area (Å²) in [6.45, 7) is -0.0114. The summed E-state index contributed by atoms with van der Waals surface area (Å²) < 4.78 is 6.98. The predicted octanol–water partition coefficient (Wildman–Crippen LogP) is 4.71. The summed E-state index contributed by atoms with van der Waals surface area (Å²) in [5.41, 5.74) is 1.80. The number of urea groups is 1. The van der Waals surface area contributed by atoms with E-state index in [0.29, 0.717) is 28.1 Å². The van der Waals surface area contributed by atoms with Crippen LogP contribution in [0.2, 0.25) is 0 Å². The molecule has 1 aromatic heterocycles. The third-order valence-corrected chi connectivity index (χ3v) is 6.26. The number of aromatic nitrogens is 3. The zero-order valence-electron chi connectivity index (χ0n) is 19.9. The van der Waals surface area contributed by atoms with Crippen LogP contribution >= 0.6 is 11.8 Å². The summed E-state index contributed by atoms with van der Waals surface area (Å²) in [6, 6.07) is 18.4. The van der Waals surface area contributed by atoms with E-state index in [1.807, 2.05) is 24.3 Å². The summed E-state index contributed by atoms with van der Waals surface area (Å²) in [4.78, 5) is 33.3. The normalized spacial score (nSPS) is 10.6. The van der Waals surface area contributed by atoms with Crippen LogP contribution in [-0.4, -0.2) is 37.8 Å². The largest absolute Gasteiger partial charge is 0.497 e. The lowest BCUT2D eigenvalue weighted by Crippen LogP contribution is -2.29. The fourth-order valence-corrected chi connectivity index (χ4v) is 4.32. The van der Waals surface area contributed by atoms with Crippen molar-refractivity contribution in [2.45, 2.75) is 17.5 Å². The Morgan fingerprint density at radius 1 is 0.974 bits per heavy atom. The molecule has 0 radical (unpaired) electrons. The Balaban J connectivity index is 1.52. The van der Waals surface area contributed by atoms with Crippen molar-refractivity contribution in [1.82, 2.24) is 20.1 Å². The van der Waals surface area contributed by atoms with Crippen molar-refractivity contribution in [2.75, 3.05) is 12.4 Å². The highest BCUT2D eigenvalue weighted by Crippen LogP contribution is 2.27. The molecule has 14 heteroatoms. The van der Waals surface area contributed by atoms with Crippen molar-refractivity contribution in [3.63, 3.8) is 0 Å². The lowest BCUT2D eigenvalue weighted by molar-refractivity contribution is -0.385. The first-order valence-corrected chi connectivity index (χ1v) is 12.1. The van der Waals surface area contributed by atoms with Crippen LogP contribution in [0.4, 0.5) is 21.9 Å². The Labute approximate surface area is 220 Å². The van der Waals surface area contributed by atoms with E-state index in [1.165, 1.54) is 48.2 Å². The van der Waals surface area contributed by atoms with Crippen molar-refractivity contribution in [1.29, 1.82) is 0 Å². The second-order valence-corrected chi connectivity index (χ2v) is 8.70. The predicted molar refractivity (Wildman–Crippen MR) is 140 cm³/mol. The molecule has 13 nitrogen and oxygen atoms in total. The average Bonchev–Trinajstić information content (AvgIpc) is 3.34. The number of amides is 2. The molecule has 1 heterocycles. The van der Waals surface area contributed by atoms with Crippen LogP contribution in [-0.2, 0) is 12.3 Å². The molecule has 2 amide bonds. The first kappa shape index (κ1) is 26.1. The van der Waals surface area contributed by atoms with Crippen LogP contribution in [0.3, 0.4) is 0 Å². The first-order valence-electron chi connectivity index (χ1n) is 11.1. The highest BCUT2D eigenvalue weighted by Gasteiger charge is 2.17. The molecule has 0 unspecified atom stereocenters. The number of ether oxygens (including phenoxy) is 1. The number of nitro benzene ring substituents is 2. The van der Waals surface area contributed by atoms with E-state index in [1.54, 1.807) is 23.8 Å². The van der Waals surface area contributed by atoms with Crippen LogP contribution in [0, 0.1) is 20.2 Å². The molecule has 3 aromatic carbocycles. The molecular formula is C24H21N7O6S. The zero-order chi connectivity index (χ0) is 27.1. The topological polar surface area (TPSA) is 167 Å². The Morgan fingerprint density at radius 3 is 2.26 bits per heavy atom. The minimum Gasteiger partial charge on any atom is -0.497 e. The van der Waals surface area contributed by atoms with E-state index in [4.69, 9.17) is 4.74 Å². The van der Waals surface area contributed by atoms with Gasteiger partial charge >= 0.3 is 6.03 Å². The van der Waals surface area contributed by atoms with Crippen molar-refractivity contribution < 1.29 is 19.4 Å². The number of nitrogens with zero attached hydrogens (tertiary/aromatic N) is 5. The van der Waals surface area contributed by atoms with Gasteiger partial charge in [-0.15, -0.1) is 10.2 Å². The van der Waals surface area contributed by atoms with Gasteiger partial charge in [0.2, 0.25) is 0 Å². The van der Waals surface area contributed by atoms with E-state index in [0.717, 1.165) is 11.3 Å². The van der Waals surface area contributed by atoms with Crippen molar-refractivity contribution in [3.05, 3.63) is 104 Å². The molecule has 4 rings (SSSR count). The number of nitro groups is 2. The number of carbonyl (C=O) groups is 1. The maximum Gasteiger partial charge on any atom is 0.319 e. The van der Waals surface area contributed by atoms with E-state index in [-0.39, 0.29) is 17.9 Å². The number of rotatable bonds is 10. The number of anilines is 1. The van der Waals surface area contributed by atoms with Crippen LogP contribution in [0.25, 0.3) is 5.69 Å². The van der Waals surface area contributed by atoms with Crippen molar-refractivity contribution >= 4 is 34.9 Å². The van der Waals surface area contributed by atoms with Gasteiger partial charge in [-0.25, -0.2) is 4.79 Å². The molecule has 194 valence electrons. The molecule has 2 N–H and O–H groups in total. The number of benzene rings is 3. The van der Waals surface area contributed by atoms with Crippen molar-refractivity contribution in [2.24, 2.45) is 0 Å².